The average molecular weight is 286 g/mol. The van der Waals surface area contributed by atoms with E-state index in [1.165, 1.54) is 24.1 Å². The van der Waals surface area contributed by atoms with Gasteiger partial charge in [0.05, 0.1) is 0 Å². The first-order valence-corrected chi connectivity index (χ1v) is 8.34. The van der Waals surface area contributed by atoms with Crippen molar-refractivity contribution in [2.45, 2.75) is 39.0 Å². The summed E-state index contributed by atoms with van der Waals surface area (Å²) >= 11 is 0. The molecule has 0 aliphatic carbocycles. The van der Waals surface area contributed by atoms with Gasteiger partial charge in [-0.05, 0) is 43.2 Å². The number of fused-ring (bicyclic) bond motifs is 1. The number of hydrogen-bond donors (Lipinski definition) is 0. The van der Waals surface area contributed by atoms with E-state index in [4.69, 9.17) is 0 Å². The van der Waals surface area contributed by atoms with Gasteiger partial charge in [0.15, 0.2) is 0 Å². The summed E-state index contributed by atoms with van der Waals surface area (Å²) in [4.78, 5) is 16.8. The number of nitrogens with zero attached hydrogens (tertiary/aromatic N) is 2. The molecular weight excluding hydrogens is 260 g/mol. The number of rotatable bonds is 3. The Bertz CT molecular complexity index is 492. The minimum atomic E-state index is 0.338. The van der Waals surface area contributed by atoms with Gasteiger partial charge in [-0.25, -0.2) is 0 Å². The summed E-state index contributed by atoms with van der Waals surface area (Å²) < 4.78 is 0. The van der Waals surface area contributed by atoms with Gasteiger partial charge in [0.25, 0.3) is 0 Å². The lowest BCUT2D eigenvalue weighted by Crippen LogP contribution is -2.40. The molecule has 0 atom stereocenters. The maximum absolute atomic E-state index is 12.4. The SMILES string of the molecule is CC1CCN(C(=O)CCN2CCCc3ccccc32)CC1. The van der Waals surface area contributed by atoms with E-state index in [-0.39, 0.29) is 0 Å². The molecule has 114 valence electrons. The third kappa shape index (κ3) is 3.39. The van der Waals surface area contributed by atoms with Gasteiger partial charge in [-0.2, -0.15) is 0 Å². The fraction of sp³-hybridized carbons (Fsp3) is 0.611. The van der Waals surface area contributed by atoms with E-state index in [1.807, 2.05) is 0 Å². The second-order valence-corrected chi connectivity index (χ2v) is 6.53. The molecule has 0 N–H and O–H groups in total. The maximum Gasteiger partial charge on any atom is 0.224 e. The normalized spacial score (nSPS) is 19.5. The van der Waals surface area contributed by atoms with Gasteiger partial charge in [0.2, 0.25) is 5.91 Å². The third-order valence-corrected chi connectivity index (χ3v) is 4.94. The van der Waals surface area contributed by atoms with Crippen LogP contribution in [0.1, 0.15) is 38.2 Å². The molecule has 2 heterocycles. The van der Waals surface area contributed by atoms with Crippen molar-refractivity contribution in [1.29, 1.82) is 0 Å². The van der Waals surface area contributed by atoms with Crippen LogP contribution in [0.2, 0.25) is 0 Å². The summed E-state index contributed by atoms with van der Waals surface area (Å²) in [6, 6.07) is 8.63. The first kappa shape index (κ1) is 14.4. The molecule has 1 fully saturated rings. The van der Waals surface area contributed by atoms with E-state index in [1.54, 1.807) is 0 Å². The van der Waals surface area contributed by atoms with Crippen molar-refractivity contribution in [3.63, 3.8) is 0 Å². The van der Waals surface area contributed by atoms with Gasteiger partial charge in [-0.3, -0.25) is 4.79 Å². The molecule has 1 saturated heterocycles. The van der Waals surface area contributed by atoms with Gasteiger partial charge >= 0.3 is 0 Å². The summed E-state index contributed by atoms with van der Waals surface area (Å²) in [7, 11) is 0. The van der Waals surface area contributed by atoms with Crippen molar-refractivity contribution >= 4 is 11.6 Å². The predicted molar refractivity (Wildman–Crippen MR) is 86.6 cm³/mol. The summed E-state index contributed by atoms with van der Waals surface area (Å²) in [6.45, 7) is 6.14. The number of amides is 1. The molecule has 1 amide bonds. The zero-order valence-corrected chi connectivity index (χ0v) is 13.1. The number of para-hydroxylation sites is 1. The van der Waals surface area contributed by atoms with Crippen LogP contribution in [0.3, 0.4) is 0 Å². The molecule has 1 aromatic rings. The number of benzene rings is 1. The monoisotopic (exact) mass is 286 g/mol. The Kier molecular flexibility index (Phi) is 4.47. The number of piperidine rings is 1. The third-order valence-electron chi connectivity index (χ3n) is 4.94. The molecule has 2 aliphatic heterocycles. The van der Waals surface area contributed by atoms with Gasteiger partial charge in [0, 0.05) is 38.3 Å². The molecule has 0 radical (unpaired) electrons. The van der Waals surface area contributed by atoms with E-state index in [0.717, 1.165) is 44.9 Å². The standard InChI is InChI=1S/C18H26N2O/c1-15-8-12-20(13-9-15)18(21)10-14-19-11-4-6-16-5-2-3-7-17(16)19/h2-3,5,7,15H,4,6,8-14H2,1H3. The topological polar surface area (TPSA) is 23.6 Å². The first-order chi connectivity index (χ1) is 10.2. The highest BCUT2D eigenvalue weighted by atomic mass is 16.2. The van der Waals surface area contributed by atoms with Crippen molar-refractivity contribution in [3.05, 3.63) is 29.8 Å². The molecule has 0 spiro atoms. The number of carbonyl (C=O) groups excluding carboxylic acids is 1. The number of likely N-dealkylation sites (tertiary alicyclic amines) is 1. The molecule has 21 heavy (non-hydrogen) atoms. The van der Waals surface area contributed by atoms with Crippen LogP contribution in [0.5, 0.6) is 0 Å². The van der Waals surface area contributed by atoms with Gasteiger partial charge in [-0.1, -0.05) is 25.1 Å². The molecule has 3 heteroatoms. The zero-order valence-electron chi connectivity index (χ0n) is 13.1. The van der Waals surface area contributed by atoms with Gasteiger partial charge in [0.1, 0.15) is 0 Å². The van der Waals surface area contributed by atoms with Crippen LogP contribution in [0.4, 0.5) is 5.69 Å². The van der Waals surface area contributed by atoms with Gasteiger partial charge < -0.3 is 9.80 Å². The molecule has 2 aliphatic rings. The van der Waals surface area contributed by atoms with E-state index < -0.39 is 0 Å². The van der Waals surface area contributed by atoms with Crippen molar-refractivity contribution in [1.82, 2.24) is 4.90 Å². The second-order valence-electron chi connectivity index (χ2n) is 6.53. The van der Waals surface area contributed by atoms with E-state index in [2.05, 4.69) is 41.0 Å². The lowest BCUT2D eigenvalue weighted by molar-refractivity contribution is -0.132. The number of carbonyl (C=O) groups is 1. The Morgan fingerprint density at radius 2 is 1.95 bits per heavy atom. The highest BCUT2D eigenvalue weighted by Crippen LogP contribution is 2.26. The molecule has 0 aromatic heterocycles. The molecule has 0 saturated carbocycles. The predicted octanol–water partition coefficient (Wildman–Crippen LogP) is 3.09. The highest BCUT2D eigenvalue weighted by Gasteiger charge is 2.22. The molecule has 0 unspecified atom stereocenters. The largest absolute Gasteiger partial charge is 0.371 e. The smallest absolute Gasteiger partial charge is 0.224 e. The lowest BCUT2D eigenvalue weighted by Gasteiger charge is -2.33. The first-order valence-electron chi connectivity index (χ1n) is 8.34. The maximum atomic E-state index is 12.4. The fourth-order valence-electron chi connectivity index (χ4n) is 3.49. The summed E-state index contributed by atoms with van der Waals surface area (Å²) in [5.74, 6) is 1.12. The Hall–Kier alpha value is -1.51. The Morgan fingerprint density at radius 3 is 2.76 bits per heavy atom. The molecule has 3 nitrogen and oxygen atoms in total. The Labute approximate surface area is 127 Å². The van der Waals surface area contributed by atoms with E-state index >= 15 is 0 Å². The van der Waals surface area contributed by atoms with Crippen LogP contribution < -0.4 is 4.90 Å². The summed E-state index contributed by atoms with van der Waals surface area (Å²) in [5.41, 5.74) is 2.77. The highest BCUT2D eigenvalue weighted by molar-refractivity contribution is 5.77. The zero-order chi connectivity index (χ0) is 14.7. The van der Waals surface area contributed by atoms with Crippen molar-refractivity contribution < 1.29 is 4.79 Å². The quantitative estimate of drug-likeness (QED) is 0.852. The minimum Gasteiger partial charge on any atom is -0.371 e. The van der Waals surface area contributed by atoms with E-state index in [0.29, 0.717) is 12.3 Å². The molecule has 1 aromatic carbocycles. The van der Waals surface area contributed by atoms with Crippen molar-refractivity contribution in [2.24, 2.45) is 5.92 Å². The molecular formula is C18H26N2O. The van der Waals surface area contributed by atoms with Crippen LogP contribution in [0, 0.1) is 5.92 Å². The number of aryl methyl sites for hydroxylation is 1. The van der Waals surface area contributed by atoms with Crippen LogP contribution in [-0.2, 0) is 11.2 Å². The van der Waals surface area contributed by atoms with Crippen LogP contribution in [0.15, 0.2) is 24.3 Å². The molecule has 3 rings (SSSR count). The average Bonchev–Trinajstić information content (AvgIpc) is 2.53. The van der Waals surface area contributed by atoms with Crippen LogP contribution in [0.25, 0.3) is 0 Å². The minimum absolute atomic E-state index is 0.338. The van der Waals surface area contributed by atoms with E-state index in [9.17, 15) is 4.79 Å². The van der Waals surface area contributed by atoms with Crippen molar-refractivity contribution in [2.75, 3.05) is 31.1 Å². The van der Waals surface area contributed by atoms with Gasteiger partial charge in [-0.15, -0.1) is 0 Å². The second kappa shape index (κ2) is 6.50. The molecule has 0 bridgehead atoms. The summed E-state index contributed by atoms with van der Waals surface area (Å²) in [5, 5.41) is 0. The number of hydrogen-bond acceptors (Lipinski definition) is 2. The van der Waals surface area contributed by atoms with Crippen molar-refractivity contribution in [3.8, 4) is 0 Å². The summed E-state index contributed by atoms with van der Waals surface area (Å²) in [6.07, 6.45) is 5.36. The van der Waals surface area contributed by atoms with Crippen LogP contribution in [-0.4, -0.2) is 37.0 Å². The fourth-order valence-corrected chi connectivity index (χ4v) is 3.49. The number of anilines is 1. The Morgan fingerprint density at radius 1 is 1.19 bits per heavy atom. The lowest BCUT2D eigenvalue weighted by atomic mass is 9.99. The van der Waals surface area contributed by atoms with Crippen LogP contribution >= 0.6 is 0 Å². The Balaban J connectivity index is 1.55.